The van der Waals surface area contributed by atoms with Gasteiger partial charge in [0.1, 0.15) is 11.5 Å². The van der Waals surface area contributed by atoms with Crippen LogP contribution in [0.1, 0.15) is 41.3 Å². The van der Waals surface area contributed by atoms with Gasteiger partial charge in [-0.25, -0.2) is 8.42 Å². The molecule has 1 N–H and O–H groups in total. The van der Waals surface area contributed by atoms with Crippen LogP contribution >= 0.6 is 0 Å². The van der Waals surface area contributed by atoms with E-state index in [-0.39, 0.29) is 10.8 Å². The Morgan fingerprint density at radius 3 is 2.06 bits per heavy atom. The van der Waals surface area contributed by atoms with Crippen molar-refractivity contribution in [2.75, 3.05) is 26.3 Å². The first kappa shape index (κ1) is 24.9. The molecule has 0 atom stereocenters. The Morgan fingerprint density at radius 1 is 0.914 bits per heavy atom. The van der Waals surface area contributed by atoms with E-state index in [4.69, 9.17) is 9.47 Å². The second kappa shape index (κ2) is 11.0. The van der Waals surface area contributed by atoms with E-state index < -0.39 is 10.0 Å². The monoisotopic (exact) mass is 494 g/mol. The van der Waals surface area contributed by atoms with E-state index in [0.29, 0.717) is 44.3 Å². The average Bonchev–Trinajstić information content (AvgIpc) is 2.89. The topological polar surface area (TPSA) is 84.9 Å². The molecule has 0 aliphatic carbocycles. The molecule has 4 rings (SSSR count). The molecule has 0 radical (unpaired) electrons. The molecule has 0 bridgehead atoms. The maximum absolute atomic E-state index is 12.7. The Morgan fingerprint density at radius 2 is 1.49 bits per heavy atom. The number of nitrogens with one attached hydrogen (secondary N) is 1. The minimum absolute atomic E-state index is 0.172. The predicted molar refractivity (Wildman–Crippen MR) is 134 cm³/mol. The van der Waals surface area contributed by atoms with Crippen molar-refractivity contribution in [3.8, 4) is 11.5 Å². The van der Waals surface area contributed by atoms with Crippen LogP contribution in [0.25, 0.3) is 0 Å². The van der Waals surface area contributed by atoms with Crippen LogP contribution in [-0.2, 0) is 21.3 Å². The second-order valence-corrected chi connectivity index (χ2v) is 10.6. The minimum Gasteiger partial charge on any atom is -0.457 e. The van der Waals surface area contributed by atoms with Gasteiger partial charge in [-0.2, -0.15) is 4.31 Å². The Kier molecular flexibility index (Phi) is 7.85. The molecule has 3 aromatic rings. The zero-order chi connectivity index (χ0) is 24.8. The summed E-state index contributed by atoms with van der Waals surface area (Å²) in [6, 6.07) is 21.6. The third kappa shape index (κ3) is 6.28. The van der Waals surface area contributed by atoms with Gasteiger partial charge in [-0.15, -0.1) is 0 Å². The molecule has 35 heavy (non-hydrogen) atoms. The maximum Gasteiger partial charge on any atom is 0.251 e. The molecule has 1 fully saturated rings. The SMILES string of the molecule is CC(C)c1ccc(Oc2ccc(CNC(=O)c3ccc(S(=O)(=O)N4CCOCC4)cc3)cc2)cc1. The molecule has 1 aliphatic rings. The van der Waals surface area contributed by atoms with Gasteiger partial charge in [-0.05, 0) is 65.6 Å². The molecule has 0 unspecified atom stereocenters. The lowest BCUT2D eigenvalue weighted by molar-refractivity contribution is 0.0730. The minimum atomic E-state index is -3.58. The number of carbonyl (C=O) groups excluding carboxylic acids is 1. The predicted octanol–water partition coefficient (Wildman–Crippen LogP) is 4.55. The molecular formula is C27H30N2O5S. The van der Waals surface area contributed by atoms with Crippen LogP contribution in [0.3, 0.4) is 0 Å². The molecular weight excluding hydrogens is 464 g/mol. The summed E-state index contributed by atoms with van der Waals surface area (Å²) in [5.41, 5.74) is 2.58. The molecule has 1 aliphatic heterocycles. The van der Waals surface area contributed by atoms with Crippen molar-refractivity contribution >= 4 is 15.9 Å². The van der Waals surface area contributed by atoms with Gasteiger partial charge >= 0.3 is 0 Å². The van der Waals surface area contributed by atoms with Crippen molar-refractivity contribution < 1.29 is 22.7 Å². The maximum atomic E-state index is 12.7. The average molecular weight is 495 g/mol. The van der Waals surface area contributed by atoms with Crippen LogP contribution in [0.5, 0.6) is 11.5 Å². The van der Waals surface area contributed by atoms with E-state index in [1.165, 1.54) is 34.1 Å². The second-order valence-electron chi connectivity index (χ2n) is 8.69. The highest BCUT2D eigenvalue weighted by Crippen LogP contribution is 2.24. The van der Waals surface area contributed by atoms with Crippen LogP contribution in [0.4, 0.5) is 0 Å². The summed E-state index contributed by atoms with van der Waals surface area (Å²) in [4.78, 5) is 12.7. The van der Waals surface area contributed by atoms with E-state index in [0.717, 1.165) is 17.1 Å². The lowest BCUT2D eigenvalue weighted by Gasteiger charge is -2.26. The zero-order valence-electron chi connectivity index (χ0n) is 19.9. The summed E-state index contributed by atoms with van der Waals surface area (Å²) in [7, 11) is -3.58. The smallest absolute Gasteiger partial charge is 0.251 e. The first-order valence-corrected chi connectivity index (χ1v) is 13.1. The quantitative estimate of drug-likeness (QED) is 0.497. The van der Waals surface area contributed by atoms with Crippen molar-refractivity contribution in [1.29, 1.82) is 0 Å². The highest BCUT2D eigenvalue weighted by molar-refractivity contribution is 7.89. The molecule has 1 heterocycles. The van der Waals surface area contributed by atoms with E-state index in [1.54, 1.807) is 0 Å². The molecule has 7 nitrogen and oxygen atoms in total. The number of ether oxygens (including phenoxy) is 2. The third-order valence-electron chi connectivity index (χ3n) is 5.88. The molecule has 0 spiro atoms. The lowest BCUT2D eigenvalue weighted by atomic mass is 10.0. The number of benzene rings is 3. The Hall–Kier alpha value is -3.20. The Labute approximate surface area is 206 Å². The summed E-state index contributed by atoms with van der Waals surface area (Å²) in [6.45, 7) is 6.09. The number of sulfonamides is 1. The number of amides is 1. The molecule has 1 amide bonds. The molecule has 0 saturated carbocycles. The zero-order valence-corrected chi connectivity index (χ0v) is 20.8. The normalized spacial score (nSPS) is 14.6. The largest absolute Gasteiger partial charge is 0.457 e. The van der Waals surface area contributed by atoms with Gasteiger partial charge in [0.25, 0.3) is 5.91 Å². The van der Waals surface area contributed by atoms with Crippen LogP contribution < -0.4 is 10.1 Å². The number of hydrogen-bond acceptors (Lipinski definition) is 5. The molecule has 3 aromatic carbocycles. The number of hydrogen-bond donors (Lipinski definition) is 1. The van der Waals surface area contributed by atoms with Crippen LogP contribution in [0.2, 0.25) is 0 Å². The number of rotatable bonds is 8. The van der Waals surface area contributed by atoms with Crippen molar-refractivity contribution in [3.63, 3.8) is 0 Å². The molecule has 1 saturated heterocycles. The molecule has 184 valence electrons. The van der Waals surface area contributed by atoms with Crippen molar-refractivity contribution in [1.82, 2.24) is 9.62 Å². The summed E-state index contributed by atoms with van der Waals surface area (Å²) in [5.74, 6) is 1.69. The van der Waals surface area contributed by atoms with Gasteiger partial charge in [0, 0.05) is 25.2 Å². The first-order chi connectivity index (χ1) is 16.8. The van der Waals surface area contributed by atoms with Gasteiger partial charge in [-0.3, -0.25) is 4.79 Å². The van der Waals surface area contributed by atoms with Gasteiger partial charge in [0.05, 0.1) is 18.1 Å². The van der Waals surface area contributed by atoms with Crippen LogP contribution in [-0.4, -0.2) is 44.9 Å². The third-order valence-corrected chi connectivity index (χ3v) is 7.80. The summed E-state index contributed by atoms with van der Waals surface area (Å²) in [6.07, 6.45) is 0. The fourth-order valence-corrected chi connectivity index (χ4v) is 5.14. The number of nitrogens with zero attached hydrogens (tertiary/aromatic N) is 1. The summed E-state index contributed by atoms with van der Waals surface area (Å²) < 4.78 is 38.0. The highest BCUT2D eigenvalue weighted by Gasteiger charge is 2.26. The van der Waals surface area contributed by atoms with Crippen molar-refractivity contribution in [2.24, 2.45) is 0 Å². The number of carbonyl (C=O) groups is 1. The Balaban J connectivity index is 1.31. The van der Waals surface area contributed by atoms with Gasteiger partial charge in [-0.1, -0.05) is 38.1 Å². The van der Waals surface area contributed by atoms with Crippen molar-refractivity contribution in [3.05, 3.63) is 89.5 Å². The standard InChI is InChI=1S/C27H30N2O5S/c1-20(2)22-5-11-25(12-6-22)34-24-9-3-21(4-10-24)19-28-27(30)23-7-13-26(14-8-23)35(31,32)29-15-17-33-18-16-29/h3-14,20H,15-19H2,1-2H3,(H,28,30). The van der Waals surface area contributed by atoms with Gasteiger partial charge in [0.2, 0.25) is 10.0 Å². The van der Waals surface area contributed by atoms with Gasteiger partial charge < -0.3 is 14.8 Å². The summed E-state index contributed by atoms with van der Waals surface area (Å²) in [5, 5.41) is 2.87. The first-order valence-electron chi connectivity index (χ1n) is 11.7. The summed E-state index contributed by atoms with van der Waals surface area (Å²) >= 11 is 0. The van der Waals surface area contributed by atoms with Crippen molar-refractivity contribution in [2.45, 2.75) is 31.2 Å². The fraction of sp³-hybridized carbons (Fsp3) is 0.296. The van der Waals surface area contributed by atoms with E-state index in [1.807, 2.05) is 36.4 Å². The van der Waals surface area contributed by atoms with Crippen LogP contribution in [0, 0.1) is 0 Å². The highest BCUT2D eigenvalue weighted by atomic mass is 32.2. The number of morpholine rings is 1. The van der Waals surface area contributed by atoms with E-state index in [2.05, 4.69) is 31.3 Å². The Bertz CT molecular complexity index is 1230. The van der Waals surface area contributed by atoms with Gasteiger partial charge in [0.15, 0.2) is 0 Å². The van der Waals surface area contributed by atoms with Crippen LogP contribution in [0.15, 0.2) is 77.7 Å². The van der Waals surface area contributed by atoms with E-state index in [9.17, 15) is 13.2 Å². The van der Waals surface area contributed by atoms with E-state index >= 15 is 0 Å². The molecule has 0 aromatic heterocycles. The molecule has 8 heteroatoms. The lowest BCUT2D eigenvalue weighted by Crippen LogP contribution is -2.40. The fourth-order valence-electron chi connectivity index (χ4n) is 3.73.